The van der Waals surface area contributed by atoms with Gasteiger partial charge in [0.05, 0.1) is 0 Å². The van der Waals surface area contributed by atoms with E-state index in [0.717, 1.165) is 5.69 Å². The van der Waals surface area contributed by atoms with Crippen molar-refractivity contribution in [2.75, 3.05) is 10.7 Å². The molecule has 0 aromatic carbocycles. The van der Waals surface area contributed by atoms with Gasteiger partial charge in [-0.1, -0.05) is 27.7 Å². The van der Waals surface area contributed by atoms with E-state index in [1.807, 2.05) is 12.1 Å². The van der Waals surface area contributed by atoms with Gasteiger partial charge in [-0.05, 0) is 16.9 Å². The van der Waals surface area contributed by atoms with E-state index in [9.17, 15) is 0 Å². The summed E-state index contributed by atoms with van der Waals surface area (Å²) < 4.78 is 0. The first-order valence-corrected chi connectivity index (χ1v) is 5.59. The lowest BCUT2D eigenvalue weighted by Crippen LogP contribution is -2.12. The Labute approximate surface area is 96.6 Å². The van der Waals surface area contributed by atoms with Crippen LogP contribution in [0, 0.1) is 10.8 Å². The van der Waals surface area contributed by atoms with Gasteiger partial charge in [0.15, 0.2) is 0 Å². The third-order valence-corrected chi connectivity index (χ3v) is 4.24. The fourth-order valence-corrected chi connectivity index (χ4v) is 2.32. The minimum atomic E-state index is 0.326. The molecule has 0 bridgehead atoms. The summed E-state index contributed by atoms with van der Waals surface area (Å²) in [5.74, 6) is 6.01. The molecule has 0 unspecified atom stereocenters. The van der Waals surface area contributed by atoms with Crippen LogP contribution in [-0.4, -0.2) is 11.0 Å². The Bertz CT molecular complexity index is 384. The van der Waals surface area contributed by atoms with E-state index in [0.29, 0.717) is 22.7 Å². The summed E-state index contributed by atoms with van der Waals surface area (Å²) in [5.41, 5.74) is 4.26. The predicted octanol–water partition coefficient (Wildman–Crippen LogP) is 2.21. The lowest BCUT2D eigenvalue weighted by molar-refractivity contribution is 0.457. The van der Waals surface area contributed by atoms with Crippen molar-refractivity contribution in [1.29, 1.82) is 0 Å². The fraction of sp³-hybridized carbons (Fsp3) is 0.583. The molecule has 4 heteroatoms. The lowest BCUT2D eigenvalue weighted by Gasteiger charge is -2.09. The van der Waals surface area contributed by atoms with E-state index < -0.39 is 0 Å². The normalized spacial score (nSPS) is 21.6. The third kappa shape index (κ3) is 1.53. The molecule has 0 atom stereocenters. The number of hydrogen-bond acceptors (Lipinski definition) is 4. The molecule has 0 spiro atoms. The molecule has 1 saturated carbocycles. The van der Waals surface area contributed by atoms with E-state index in [4.69, 9.17) is 5.84 Å². The molecule has 4 nitrogen and oxygen atoms in total. The molecule has 0 aliphatic heterocycles. The highest BCUT2D eigenvalue weighted by molar-refractivity contribution is 5.54. The SMILES string of the molecule is CC1(C)C(Nc2ccnc(NN)c2)C1(C)C. The van der Waals surface area contributed by atoms with Crippen molar-refractivity contribution in [3.8, 4) is 0 Å². The number of hydrogen-bond donors (Lipinski definition) is 3. The molecule has 1 heterocycles. The maximum atomic E-state index is 5.33. The minimum absolute atomic E-state index is 0.326. The summed E-state index contributed by atoms with van der Waals surface area (Å²) in [5, 5.41) is 3.54. The van der Waals surface area contributed by atoms with Crippen molar-refractivity contribution in [1.82, 2.24) is 4.98 Å². The van der Waals surface area contributed by atoms with Crippen molar-refractivity contribution < 1.29 is 0 Å². The lowest BCUT2D eigenvalue weighted by atomic mass is 10.0. The Morgan fingerprint density at radius 3 is 2.38 bits per heavy atom. The number of anilines is 2. The van der Waals surface area contributed by atoms with Gasteiger partial charge in [-0.25, -0.2) is 10.8 Å². The summed E-state index contributed by atoms with van der Waals surface area (Å²) in [6.07, 6.45) is 1.75. The average Bonchev–Trinajstić information content (AvgIpc) is 2.61. The van der Waals surface area contributed by atoms with E-state index in [1.54, 1.807) is 6.20 Å². The van der Waals surface area contributed by atoms with E-state index in [2.05, 4.69) is 43.4 Å². The maximum Gasteiger partial charge on any atom is 0.141 e. The first-order chi connectivity index (χ1) is 7.39. The predicted molar refractivity (Wildman–Crippen MR) is 67.0 cm³/mol. The van der Waals surface area contributed by atoms with Crippen molar-refractivity contribution in [2.45, 2.75) is 33.7 Å². The van der Waals surface area contributed by atoms with Gasteiger partial charge < -0.3 is 10.7 Å². The standard InChI is InChI=1S/C12H20N4/c1-11(2)10(12(11,3)4)15-8-5-6-14-9(7-8)16-13/h5-7,10H,13H2,1-4H3,(H2,14,15,16). The molecule has 2 rings (SSSR count). The quantitative estimate of drug-likeness (QED) is 0.540. The van der Waals surface area contributed by atoms with E-state index >= 15 is 0 Å². The maximum absolute atomic E-state index is 5.33. The van der Waals surface area contributed by atoms with Crippen LogP contribution in [0.4, 0.5) is 11.5 Å². The number of hydrazine groups is 1. The number of nitrogen functional groups attached to an aromatic ring is 1. The second kappa shape index (κ2) is 3.35. The van der Waals surface area contributed by atoms with Gasteiger partial charge in [-0.15, -0.1) is 0 Å². The molecule has 1 aromatic rings. The van der Waals surface area contributed by atoms with Gasteiger partial charge in [-0.2, -0.15) is 0 Å². The van der Waals surface area contributed by atoms with Crippen LogP contribution >= 0.6 is 0 Å². The van der Waals surface area contributed by atoms with Crippen LogP contribution in [0.5, 0.6) is 0 Å². The van der Waals surface area contributed by atoms with E-state index in [-0.39, 0.29) is 0 Å². The summed E-state index contributed by atoms with van der Waals surface area (Å²) in [6, 6.07) is 4.38. The molecular weight excluding hydrogens is 200 g/mol. The molecule has 1 fully saturated rings. The van der Waals surface area contributed by atoms with Crippen molar-refractivity contribution in [3.05, 3.63) is 18.3 Å². The number of pyridine rings is 1. The molecular formula is C12H20N4. The zero-order chi connectivity index (χ0) is 12.0. The van der Waals surface area contributed by atoms with Gasteiger partial charge in [0.1, 0.15) is 5.82 Å². The smallest absolute Gasteiger partial charge is 0.141 e. The minimum Gasteiger partial charge on any atom is -0.381 e. The van der Waals surface area contributed by atoms with Gasteiger partial charge in [-0.3, -0.25) is 0 Å². The number of nitrogens with one attached hydrogen (secondary N) is 2. The molecule has 0 amide bonds. The zero-order valence-electron chi connectivity index (χ0n) is 10.3. The zero-order valence-corrected chi connectivity index (χ0v) is 10.3. The molecule has 1 aromatic heterocycles. The van der Waals surface area contributed by atoms with Crippen LogP contribution in [0.3, 0.4) is 0 Å². The Hall–Kier alpha value is -1.29. The number of aromatic nitrogens is 1. The number of rotatable bonds is 3. The fourth-order valence-electron chi connectivity index (χ4n) is 2.32. The van der Waals surface area contributed by atoms with E-state index in [1.165, 1.54) is 0 Å². The van der Waals surface area contributed by atoms with Gasteiger partial charge >= 0.3 is 0 Å². The molecule has 1 aliphatic carbocycles. The first-order valence-electron chi connectivity index (χ1n) is 5.59. The topological polar surface area (TPSA) is 63.0 Å². The number of nitrogens with two attached hydrogens (primary N) is 1. The molecule has 0 radical (unpaired) electrons. The second-order valence-corrected chi connectivity index (χ2v) is 5.59. The third-order valence-electron chi connectivity index (χ3n) is 4.24. The van der Waals surface area contributed by atoms with Crippen LogP contribution in [0.2, 0.25) is 0 Å². The van der Waals surface area contributed by atoms with Gasteiger partial charge in [0.25, 0.3) is 0 Å². The molecule has 88 valence electrons. The van der Waals surface area contributed by atoms with Gasteiger partial charge in [0, 0.05) is 24.0 Å². The Kier molecular flexibility index (Phi) is 2.35. The van der Waals surface area contributed by atoms with Crippen LogP contribution in [0.15, 0.2) is 18.3 Å². The van der Waals surface area contributed by atoms with Crippen LogP contribution in [0.1, 0.15) is 27.7 Å². The number of nitrogens with zero attached hydrogens (tertiary/aromatic N) is 1. The Morgan fingerprint density at radius 2 is 1.88 bits per heavy atom. The van der Waals surface area contributed by atoms with Crippen LogP contribution in [-0.2, 0) is 0 Å². The van der Waals surface area contributed by atoms with Crippen molar-refractivity contribution in [3.63, 3.8) is 0 Å². The highest BCUT2D eigenvalue weighted by Crippen LogP contribution is 2.63. The van der Waals surface area contributed by atoms with Crippen LogP contribution in [0.25, 0.3) is 0 Å². The Morgan fingerprint density at radius 1 is 1.25 bits per heavy atom. The average molecular weight is 220 g/mol. The monoisotopic (exact) mass is 220 g/mol. The van der Waals surface area contributed by atoms with Crippen molar-refractivity contribution in [2.24, 2.45) is 16.7 Å². The Balaban J connectivity index is 2.12. The molecule has 4 N–H and O–H groups in total. The van der Waals surface area contributed by atoms with Crippen molar-refractivity contribution >= 4 is 11.5 Å². The van der Waals surface area contributed by atoms with Gasteiger partial charge in [0.2, 0.25) is 0 Å². The molecule has 16 heavy (non-hydrogen) atoms. The summed E-state index contributed by atoms with van der Waals surface area (Å²) in [4.78, 5) is 4.08. The van der Waals surface area contributed by atoms with Crippen LogP contribution < -0.4 is 16.6 Å². The first kappa shape index (κ1) is 11.2. The summed E-state index contributed by atoms with van der Waals surface area (Å²) in [7, 11) is 0. The molecule has 1 aliphatic rings. The second-order valence-electron chi connectivity index (χ2n) is 5.59. The summed E-state index contributed by atoms with van der Waals surface area (Å²) >= 11 is 0. The summed E-state index contributed by atoms with van der Waals surface area (Å²) in [6.45, 7) is 9.14. The highest BCUT2D eigenvalue weighted by Gasteiger charge is 2.64. The molecule has 0 saturated heterocycles. The largest absolute Gasteiger partial charge is 0.381 e. The highest BCUT2D eigenvalue weighted by atomic mass is 15.2.